The molecule has 1 amide bonds. The smallest absolute Gasteiger partial charge is 0.264 e. The lowest BCUT2D eigenvalue weighted by Crippen LogP contribution is -2.42. The van der Waals surface area contributed by atoms with Gasteiger partial charge in [-0.05, 0) is 67.8 Å². The van der Waals surface area contributed by atoms with E-state index in [9.17, 15) is 17.6 Å². The van der Waals surface area contributed by atoms with E-state index in [2.05, 4.69) is 11.4 Å². The van der Waals surface area contributed by atoms with Gasteiger partial charge in [0, 0.05) is 0 Å². The number of nitrogens with one attached hydrogen (secondary N) is 1. The number of halogens is 1. The Kier molecular flexibility index (Phi) is 7.30. The molecule has 0 bridgehead atoms. The topological polar surface area (TPSA) is 66.5 Å². The SMILES string of the molecule is CCC(NC(=O)CN(c1ccc(F)cc1)S(=O)(=O)c1ccccc1)c1ccc(C)cc1C. The second-order valence-corrected chi connectivity index (χ2v) is 9.55. The molecule has 3 rings (SSSR count). The number of aryl methyl sites for hydroxylation is 2. The van der Waals surface area contributed by atoms with Gasteiger partial charge < -0.3 is 5.32 Å². The molecule has 0 saturated carbocycles. The van der Waals surface area contributed by atoms with Crippen LogP contribution in [0.2, 0.25) is 0 Å². The monoisotopic (exact) mass is 454 g/mol. The van der Waals surface area contributed by atoms with E-state index in [4.69, 9.17) is 0 Å². The number of amides is 1. The molecule has 1 atom stereocenters. The van der Waals surface area contributed by atoms with Crippen molar-refractivity contribution in [2.24, 2.45) is 0 Å². The fraction of sp³-hybridized carbons (Fsp3) is 0.240. The van der Waals surface area contributed by atoms with Crippen LogP contribution in [0.15, 0.2) is 77.7 Å². The standard InChI is InChI=1S/C25H27FN2O3S/c1-4-24(23-15-10-18(2)16-19(23)3)27-25(29)17-28(21-13-11-20(26)12-14-21)32(30,31)22-8-6-5-7-9-22/h5-16,24H,4,17H2,1-3H3,(H,27,29). The maximum Gasteiger partial charge on any atom is 0.264 e. The molecule has 32 heavy (non-hydrogen) atoms. The van der Waals surface area contributed by atoms with Gasteiger partial charge in [0.05, 0.1) is 16.6 Å². The molecular weight excluding hydrogens is 427 g/mol. The highest BCUT2D eigenvalue weighted by atomic mass is 32.2. The van der Waals surface area contributed by atoms with Crippen molar-refractivity contribution >= 4 is 21.6 Å². The molecule has 0 aliphatic rings. The van der Waals surface area contributed by atoms with Crippen molar-refractivity contribution in [3.63, 3.8) is 0 Å². The lowest BCUT2D eigenvalue weighted by molar-refractivity contribution is -0.120. The van der Waals surface area contributed by atoms with E-state index in [0.29, 0.717) is 6.42 Å². The second-order valence-electron chi connectivity index (χ2n) is 7.69. The summed E-state index contributed by atoms with van der Waals surface area (Å²) in [5.74, 6) is -0.934. The van der Waals surface area contributed by atoms with Crippen LogP contribution >= 0.6 is 0 Å². The molecule has 0 radical (unpaired) electrons. The maximum absolute atomic E-state index is 13.5. The zero-order valence-electron chi connectivity index (χ0n) is 18.4. The average molecular weight is 455 g/mol. The molecule has 0 aliphatic carbocycles. The van der Waals surface area contributed by atoms with Gasteiger partial charge in [-0.1, -0.05) is 48.9 Å². The highest BCUT2D eigenvalue weighted by Gasteiger charge is 2.28. The minimum Gasteiger partial charge on any atom is -0.348 e. The minimum absolute atomic E-state index is 0.0542. The zero-order chi connectivity index (χ0) is 23.3. The van der Waals surface area contributed by atoms with E-state index in [1.54, 1.807) is 18.2 Å². The number of benzene rings is 3. The normalized spacial score (nSPS) is 12.2. The number of rotatable bonds is 8. The fourth-order valence-corrected chi connectivity index (χ4v) is 5.07. The third-order valence-electron chi connectivity index (χ3n) is 5.28. The first kappa shape index (κ1) is 23.5. The maximum atomic E-state index is 13.5. The molecule has 0 fully saturated rings. The molecule has 0 aromatic heterocycles. The van der Waals surface area contributed by atoms with Crippen LogP contribution in [0.3, 0.4) is 0 Å². The lowest BCUT2D eigenvalue weighted by atomic mass is 9.97. The Morgan fingerprint density at radius 3 is 2.25 bits per heavy atom. The van der Waals surface area contributed by atoms with Gasteiger partial charge in [-0.15, -0.1) is 0 Å². The number of carbonyl (C=O) groups is 1. The first-order valence-electron chi connectivity index (χ1n) is 10.4. The van der Waals surface area contributed by atoms with Crippen LogP contribution in [0.1, 0.15) is 36.1 Å². The number of nitrogens with zero attached hydrogens (tertiary/aromatic N) is 1. The molecule has 7 heteroatoms. The van der Waals surface area contributed by atoms with Crippen LogP contribution in [0, 0.1) is 19.7 Å². The zero-order valence-corrected chi connectivity index (χ0v) is 19.2. The van der Waals surface area contributed by atoms with Crippen LogP contribution < -0.4 is 9.62 Å². The molecule has 168 valence electrons. The van der Waals surface area contributed by atoms with Gasteiger partial charge in [-0.2, -0.15) is 0 Å². The summed E-state index contributed by atoms with van der Waals surface area (Å²) in [6, 6.07) is 18.7. The lowest BCUT2D eigenvalue weighted by Gasteiger charge is -2.26. The number of anilines is 1. The Hall–Kier alpha value is -3.19. The van der Waals surface area contributed by atoms with Crippen molar-refractivity contribution in [2.75, 3.05) is 10.8 Å². The highest BCUT2D eigenvalue weighted by molar-refractivity contribution is 7.92. The van der Waals surface area contributed by atoms with Gasteiger partial charge in [0.2, 0.25) is 5.91 Å². The van der Waals surface area contributed by atoms with Crippen LogP contribution in [-0.2, 0) is 14.8 Å². The Morgan fingerprint density at radius 2 is 1.66 bits per heavy atom. The van der Waals surface area contributed by atoms with E-state index in [1.165, 1.54) is 36.4 Å². The number of sulfonamides is 1. The Labute approximate surface area is 188 Å². The molecule has 1 N–H and O–H groups in total. The number of hydrogen-bond acceptors (Lipinski definition) is 3. The Balaban J connectivity index is 1.90. The summed E-state index contributed by atoms with van der Waals surface area (Å²) in [6.45, 7) is 5.53. The fourth-order valence-electron chi connectivity index (χ4n) is 3.63. The van der Waals surface area contributed by atoms with Gasteiger partial charge in [-0.25, -0.2) is 12.8 Å². The van der Waals surface area contributed by atoms with Crippen molar-refractivity contribution in [2.45, 2.75) is 38.1 Å². The molecule has 0 heterocycles. The van der Waals surface area contributed by atoms with Crippen LogP contribution in [0.25, 0.3) is 0 Å². The summed E-state index contributed by atoms with van der Waals surface area (Å²) in [6.07, 6.45) is 0.650. The third-order valence-corrected chi connectivity index (χ3v) is 7.07. The van der Waals surface area contributed by atoms with Crippen molar-refractivity contribution in [1.82, 2.24) is 5.32 Å². The minimum atomic E-state index is -4.03. The molecule has 1 unspecified atom stereocenters. The van der Waals surface area contributed by atoms with Crippen LogP contribution in [0.5, 0.6) is 0 Å². The average Bonchev–Trinajstić information content (AvgIpc) is 2.77. The van der Waals surface area contributed by atoms with Gasteiger partial charge in [0.25, 0.3) is 10.0 Å². The van der Waals surface area contributed by atoms with Crippen molar-refractivity contribution in [3.05, 3.63) is 95.3 Å². The summed E-state index contributed by atoms with van der Waals surface area (Å²) >= 11 is 0. The summed E-state index contributed by atoms with van der Waals surface area (Å²) in [5, 5.41) is 2.96. The van der Waals surface area contributed by atoms with E-state index in [1.807, 2.05) is 32.9 Å². The summed E-state index contributed by atoms with van der Waals surface area (Å²) in [4.78, 5) is 13.1. The first-order chi connectivity index (χ1) is 15.2. The van der Waals surface area contributed by atoms with Crippen LogP contribution in [0.4, 0.5) is 10.1 Å². The van der Waals surface area contributed by atoms with E-state index < -0.39 is 28.3 Å². The molecule has 0 spiro atoms. The van der Waals surface area contributed by atoms with Gasteiger partial charge in [-0.3, -0.25) is 9.10 Å². The largest absolute Gasteiger partial charge is 0.348 e. The number of carbonyl (C=O) groups excluding carboxylic acids is 1. The predicted octanol–water partition coefficient (Wildman–Crippen LogP) is 4.91. The summed E-state index contributed by atoms with van der Waals surface area (Å²) < 4.78 is 41.1. The number of hydrogen-bond donors (Lipinski definition) is 1. The van der Waals surface area contributed by atoms with E-state index in [0.717, 1.165) is 21.0 Å². The molecule has 0 aliphatic heterocycles. The van der Waals surface area contributed by atoms with Crippen LogP contribution in [-0.4, -0.2) is 20.9 Å². The van der Waals surface area contributed by atoms with Gasteiger partial charge >= 0.3 is 0 Å². The second kappa shape index (κ2) is 9.96. The molecule has 5 nitrogen and oxygen atoms in total. The summed E-state index contributed by atoms with van der Waals surface area (Å²) in [7, 11) is -4.03. The van der Waals surface area contributed by atoms with Gasteiger partial charge in [0.1, 0.15) is 12.4 Å². The molecule has 3 aromatic rings. The predicted molar refractivity (Wildman–Crippen MR) is 124 cm³/mol. The Bertz CT molecular complexity index is 1180. The molecule has 0 saturated heterocycles. The Morgan fingerprint density at radius 1 is 1.00 bits per heavy atom. The highest BCUT2D eigenvalue weighted by Crippen LogP contribution is 2.25. The molecule has 3 aromatic carbocycles. The van der Waals surface area contributed by atoms with Crippen molar-refractivity contribution < 1.29 is 17.6 Å². The van der Waals surface area contributed by atoms with Crippen molar-refractivity contribution in [3.8, 4) is 0 Å². The van der Waals surface area contributed by atoms with E-state index in [-0.39, 0.29) is 16.6 Å². The third kappa shape index (κ3) is 5.34. The van der Waals surface area contributed by atoms with E-state index >= 15 is 0 Å². The van der Waals surface area contributed by atoms with Crippen molar-refractivity contribution in [1.29, 1.82) is 0 Å². The summed E-state index contributed by atoms with van der Waals surface area (Å²) in [5.41, 5.74) is 3.39. The quantitative estimate of drug-likeness (QED) is 0.526. The first-order valence-corrected chi connectivity index (χ1v) is 11.9. The van der Waals surface area contributed by atoms with Gasteiger partial charge in [0.15, 0.2) is 0 Å². The molecular formula is C25H27FN2O3S.